The van der Waals surface area contributed by atoms with Crippen molar-refractivity contribution in [2.75, 3.05) is 26.4 Å². The van der Waals surface area contributed by atoms with Crippen LogP contribution in [0, 0.1) is 0 Å². The molecular weight excluding hydrogens is 228 g/mol. The molecule has 0 saturated heterocycles. The number of rotatable bonds is 8. The zero-order valence-electron chi connectivity index (χ0n) is 7.55. The van der Waals surface area contributed by atoms with Gasteiger partial charge in [-0.15, -0.1) is 25.3 Å². The minimum Gasteiger partial charge on any atom is -0.481 e. The molecule has 14 heavy (non-hydrogen) atoms. The number of carboxylic acid groups (broad SMARTS) is 1. The Hall–Kier alpha value is 0.0500. The standard InChI is InChI=1S/C7H14O5S2/c8-1-2-11-3-4-12-7(13,14)5-6(9)10/h8,13-14H,1-5H2,(H,9,10). The molecule has 0 atom stereocenters. The Morgan fingerprint density at radius 1 is 1.29 bits per heavy atom. The van der Waals surface area contributed by atoms with Crippen LogP contribution in [-0.2, 0) is 14.3 Å². The molecular formula is C7H14O5S2. The Labute approximate surface area is 93.2 Å². The van der Waals surface area contributed by atoms with Gasteiger partial charge < -0.3 is 19.7 Å². The van der Waals surface area contributed by atoms with Gasteiger partial charge >= 0.3 is 5.97 Å². The number of carbonyl (C=O) groups is 1. The molecule has 0 bridgehead atoms. The lowest BCUT2D eigenvalue weighted by Crippen LogP contribution is -2.24. The van der Waals surface area contributed by atoms with Crippen LogP contribution in [-0.4, -0.2) is 46.9 Å². The highest BCUT2D eigenvalue weighted by molar-refractivity contribution is 8.00. The molecule has 7 heteroatoms. The molecule has 2 N–H and O–H groups in total. The average Bonchev–Trinajstić information content (AvgIpc) is 2.01. The molecule has 0 spiro atoms. The third-order valence-electron chi connectivity index (χ3n) is 1.18. The summed E-state index contributed by atoms with van der Waals surface area (Å²) in [6.07, 6.45) is -0.306. The first kappa shape index (κ1) is 14.1. The van der Waals surface area contributed by atoms with E-state index in [1.165, 1.54) is 0 Å². The monoisotopic (exact) mass is 242 g/mol. The molecule has 84 valence electrons. The van der Waals surface area contributed by atoms with Gasteiger partial charge in [0.05, 0.1) is 32.8 Å². The van der Waals surface area contributed by atoms with Crippen molar-refractivity contribution in [2.45, 2.75) is 10.7 Å². The first-order valence-corrected chi connectivity index (χ1v) is 4.86. The largest absolute Gasteiger partial charge is 0.481 e. The highest BCUT2D eigenvalue weighted by Gasteiger charge is 2.24. The molecule has 0 aliphatic rings. The lowest BCUT2D eigenvalue weighted by molar-refractivity contribution is -0.139. The Morgan fingerprint density at radius 3 is 2.43 bits per heavy atom. The predicted octanol–water partition coefficient (Wildman–Crippen LogP) is 0.0000000000000000555. The summed E-state index contributed by atoms with van der Waals surface area (Å²) in [5, 5.41) is 16.8. The van der Waals surface area contributed by atoms with Gasteiger partial charge in [0.25, 0.3) is 0 Å². The van der Waals surface area contributed by atoms with E-state index in [4.69, 9.17) is 19.7 Å². The fourth-order valence-electron chi connectivity index (χ4n) is 0.679. The molecule has 0 fully saturated rings. The number of thiol groups is 2. The number of aliphatic hydroxyl groups excluding tert-OH is 1. The number of aliphatic hydroxyl groups is 1. The van der Waals surface area contributed by atoms with E-state index in [9.17, 15) is 4.79 Å². The molecule has 0 aromatic heterocycles. The summed E-state index contributed by atoms with van der Waals surface area (Å²) in [5.74, 6) is -1.04. The number of ether oxygens (including phenoxy) is 2. The molecule has 5 nitrogen and oxygen atoms in total. The highest BCUT2D eigenvalue weighted by Crippen LogP contribution is 2.25. The van der Waals surface area contributed by atoms with E-state index >= 15 is 0 Å². The van der Waals surface area contributed by atoms with Crippen molar-refractivity contribution in [3.05, 3.63) is 0 Å². The molecule has 0 unspecified atom stereocenters. The number of hydrogen-bond acceptors (Lipinski definition) is 6. The van der Waals surface area contributed by atoms with Gasteiger partial charge in [0.15, 0.2) is 4.27 Å². The molecule has 0 amide bonds. The van der Waals surface area contributed by atoms with E-state index in [0.29, 0.717) is 0 Å². The predicted molar refractivity (Wildman–Crippen MR) is 56.8 cm³/mol. The molecule has 0 aliphatic carbocycles. The zero-order chi connectivity index (χ0) is 11.0. The summed E-state index contributed by atoms with van der Waals surface area (Å²) in [6.45, 7) is 0.625. The summed E-state index contributed by atoms with van der Waals surface area (Å²) in [4.78, 5) is 10.3. The Kier molecular flexibility index (Phi) is 7.38. The van der Waals surface area contributed by atoms with E-state index < -0.39 is 10.2 Å². The lowest BCUT2D eigenvalue weighted by atomic mass is 10.4. The van der Waals surface area contributed by atoms with Crippen molar-refractivity contribution < 1.29 is 24.5 Å². The number of aliphatic carboxylic acids is 1. The molecule has 0 aromatic carbocycles. The molecule has 0 rings (SSSR count). The molecule has 0 saturated carbocycles. The molecule has 0 aromatic rings. The van der Waals surface area contributed by atoms with Gasteiger partial charge in [-0.2, -0.15) is 0 Å². The maximum Gasteiger partial charge on any atom is 0.308 e. The summed E-state index contributed by atoms with van der Waals surface area (Å²) in [5.41, 5.74) is 0. The summed E-state index contributed by atoms with van der Waals surface area (Å²) >= 11 is 7.81. The smallest absolute Gasteiger partial charge is 0.308 e. The summed E-state index contributed by atoms with van der Waals surface area (Å²) in [6, 6.07) is 0. The quantitative estimate of drug-likeness (QED) is 0.274. The third-order valence-corrected chi connectivity index (χ3v) is 1.75. The molecule has 0 radical (unpaired) electrons. The zero-order valence-corrected chi connectivity index (χ0v) is 9.34. The van der Waals surface area contributed by atoms with Crippen molar-refractivity contribution in [1.82, 2.24) is 0 Å². The fourth-order valence-corrected chi connectivity index (χ4v) is 1.13. The Morgan fingerprint density at radius 2 is 1.93 bits per heavy atom. The van der Waals surface area contributed by atoms with Gasteiger partial charge in [0, 0.05) is 0 Å². The van der Waals surface area contributed by atoms with Crippen LogP contribution in [0.15, 0.2) is 0 Å². The van der Waals surface area contributed by atoms with Crippen molar-refractivity contribution in [2.24, 2.45) is 0 Å². The van der Waals surface area contributed by atoms with E-state index in [1.54, 1.807) is 0 Å². The van der Waals surface area contributed by atoms with Crippen LogP contribution in [0.4, 0.5) is 0 Å². The minimum atomic E-state index is -1.28. The topological polar surface area (TPSA) is 76.0 Å². The second-order valence-corrected chi connectivity index (χ2v) is 4.30. The second-order valence-electron chi connectivity index (χ2n) is 2.50. The SMILES string of the molecule is O=C(O)CC(S)(S)OCCOCCO. The van der Waals surface area contributed by atoms with Crippen molar-refractivity contribution in [1.29, 1.82) is 0 Å². The van der Waals surface area contributed by atoms with Gasteiger partial charge in [-0.3, -0.25) is 4.79 Å². The van der Waals surface area contributed by atoms with Crippen LogP contribution >= 0.6 is 25.3 Å². The van der Waals surface area contributed by atoms with Gasteiger partial charge in [0.1, 0.15) is 0 Å². The Bertz CT molecular complexity index is 173. The fraction of sp³-hybridized carbons (Fsp3) is 0.857. The highest BCUT2D eigenvalue weighted by atomic mass is 32.2. The lowest BCUT2D eigenvalue weighted by Gasteiger charge is -2.20. The van der Waals surface area contributed by atoms with Crippen LogP contribution < -0.4 is 0 Å². The van der Waals surface area contributed by atoms with Crippen LogP contribution in [0.2, 0.25) is 0 Å². The van der Waals surface area contributed by atoms with Gasteiger partial charge in [-0.1, -0.05) is 0 Å². The first-order valence-electron chi connectivity index (χ1n) is 3.97. The maximum atomic E-state index is 10.3. The first-order chi connectivity index (χ1) is 6.48. The van der Waals surface area contributed by atoms with Crippen LogP contribution in [0.1, 0.15) is 6.42 Å². The average molecular weight is 242 g/mol. The van der Waals surface area contributed by atoms with Gasteiger partial charge in [0.2, 0.25) is 0 Å². The Balaban J connectivity index is 3.50. The van der Waals surface area contributed by atoms with E-state index in [1.807, 2.05) is 0 Å². The molecule has 0 aliphatic heterocycles. The van der Waals surface area contributed by atoms with E-state index in [-0.39, 0.29) is 32.8 Å². The van der Waals surface area contributed by atoms with Gasteiger partial charge in [-0.25, -0.2) is 0 Å². The normalized spacial score (nSPS) is 11.6. The number of carboxylic acids is 1. The van der Waals surface area contributed by atoms with Crippen LogP contribution in [0.5, 0.6) is 0 Å². The molecule has 0 heterocycles. The van der Waals surface area contributed by atoms with Crippen molar-refractivity contribution in [3.63, 3.8) is 0 Å². The van der Waals surface area contributed by atoms with Crippen LogP contribution in [0.3, 0.4) is 0 Å². The summed E-state index contributed by atoms with van der Waals surface area (Å²) in [7, 11) is 0. The van der Waals surface area contributed by atoms with Crippen molar-refractivity contribution >= 4 is 31.2 Å². The van der Waals surface area contributed by atoms with E-state index in [0.717, 1.165) is 0 Å². The number of hydrogen-bond donors (Lipinski definition) is 4. The minimum absolute atomic E-state index is 0.0536. The van der Waals surface area contributed by atoms with E-state index in [2.05, 4.69) is 25.3 Å². The van der Waals surface area contributed by atoms with Crippen LogP contribution in [0.25, 0.3) is 0 Å². The van der Waals surface area contributed by atoms with Gasteiger partial charge in [-0.05, 0) is 0 Å². The maximum absolute atomic E-state index is 10.3. The van der Waals surface area contributed by atoms with Crippen molar-refractivity contribution in [3.8, 4) is 0 Å². The third kappa shape index (κ3) is 8.64. The second kappa shape index (κ2) is 7.36. The summed E-state index contributed by atoms with van der Waals surface area (Å²) < 4.78 is 8.64.